The number of benzene rings is 1. The van der Waals surface area contributed by atoms with Gasteiger partial charge in [-0.3, -0.25) is 9.69 Å². The predicted molar refractivity (Wildman–Crippen MR) is 84.0 cm³/mol. The van der Waals surface area contributed by atoms with Gasteiger partial charge in [0.15, 0.2) is 0 Å². The highest BCUT2D eigenvalue weighted by molar-refractivity contribution is 6.33. The van der Waals surface area contributed by atoms with Crippen LogP contribution in [0.3, 0.4) is 0 Å². The Bertz CT molecular complexity index is 513. The van der Waals surface area contributed by atoms with Crippen LogP contribution >= 0.6 is 11.6 Å². The lowest BCUT2D eigenvalue weighted by atomic mass is 9.91. The number of carbonyl (C=O) groups is 1. The SMILES string of the molecule is C[C@@H]1C[C@@H](C)CN([C@@H](C)C(=O)Nc2ccc(F)cc2Cl)C1. The van der Waals surface area contributed by atoms with Crippen LogP contribution in [0.5, 0.6) is 0 Å². The summed E-state index contributed by atoms with van der Waals surface area (Å²) in [5, 5.41) is 3.00. The van der Waals surface area contributed by atoms with Gasteiger partial charge < -0.3 is 5.32 Å². The van der Waals surface area contributed by atoms with Crippen molar-refractivity contribution < 1.29 is 9.18 Å². The van der Waals surface area contributed by atoms with Crippen LogP contribution in [0.4, 0.5) is 10.1 Å². The molecule has 1 aliphatic rings. The number of amides is 1. The molecule has 1 heterocycles. The minimum atomic E-state index is -0.412. The molecule has 1 amide bonds. The molecule has 0 spiro atoms. The number of rotatable bonds is 3. The van der Waals surface area contributed by atoms with E-state index in [1.807, 2.05) is 6.92 Å². The molecule has 0 unspecified atom stereocenters. The van der Waals surface area contributed by atoms with Crippen molar-refractivity contribution >= 4 is 23.2 Å². The molecule has 1 saturated heterocycles. The lowest BCUT2D eigenvalue weighted by molar-refractivity contribution is -0.121. The van der Waals surface area contributed by atoms with Crippen molar-refractivity contribution in [2.45, 2.75) is 33.2 Å². The molecule has 2 rings (SSSR count). The third-order valence-corrected chi connectivity index (χ3v) is 4.33. The zero-order chi connectivity index (χ0) is 15.6. The Morgan fingerprint density at radius 2 is 2.00 bits per heavy atom. The van der Waals surface area contributed by atoms with E-state index >= 15 is 0 Å². The molecule has 0 aliphatic carbocycles. The van der Waals surface area contributed by atoms with Crippen molar-refractivity contribution in [2.24, 2.45) is 11.8 Å². The number of anilines is 1. The molecule has 3 nitrogen and oxygen atoms in total. The molecular weight excluding hydrogens is 291 g/mol. The van der Waals surface area contributed by atoms with Gasteiger partial charge in [0.05, 0.1) is 16.8 Å². The second-order valence-electron chi connectivity index (χ2n) is 6.19. The van der Waals surface area contributed by atoms with Crippen LogP contribution in [0.15, 0.2) is 18.2 Å². The van der Waals surface area contributed by atoms with E-state index < -0.39 is 5.82 Å². The fraction of sp³-hybridized carbons (Fsp3) is 0.562. The van der Waals surface area contributed by atoms with Gasteiger partial charge in [-0.2, -0.15) is 0 Å². The van der Waals surface area contributed by atoms with Crippen molar-refractivity contribution in [3.8, 4) is 0 Å². The van der Waals surface area contributed by atoms with Gasteiger partial charge in [0, 0.05) is 13.1 Å². The van der Waals surface area contributed by atoms with Crippen LogP contribution < -0.4 is 5.32 Å². The highest BCUT2D eigenvalue weighted by Gasteiger charge is 2.28. The molecule has 1 aromatic carbocycles. The van der Waals surface area contributed by atoms with E-state index in [9.17, 15) is 9.18 Å². The first-order valence-electron chi connectivity index (χ1n) is 7.36. The first kappa shape index (κ1) is 16.2. The van der Waals surface area contributed by atoms with Gasteiger partial charge in [-0.25, -0.2) is 4.39 Å². The van der Waals surface area contributed by atoms with Gasteiger partial charge in [-0.15, -0.1) is 0 Å². The van der Waals surface area contributed by atoms with Crippen molar-refractivity contribution in [3.05, 3.63) is 29.0 Å². The van der Waals surface area contributed by atoms with Crippen LogP contribution in [0.1, 0.15) is 27.2 Å². The summed E-state index contributed by atoms with van der Waals surface area (Å²) in [6.07, 6.45) is 1.20. The number of nitrogens with zero attached hydrogens (tertiary/aromatic N) is 1. The number of halogens is 2. The molecule has 1 N–H and O–H groups in total. The van der Waals surface area contributed by atoms with E-state index in [2.05, 4.69) is 24.1 Å². The van der Waals surface area contributed by atoms with Crippen molar-refractivity contribution in [1.82, 2.24) is 4.90 Å². The first-order valence-corrected chi connectivity index (χ1v) is 7.74. The summed E-state index contributed by atoms with van der Waals surface area (Å²) >= 11 is 5.94. The fourth-order valence-electron chi connectivity index (χ4n) is 3.02. The number of nitrogens with one attached hydrogen (secondary N) is 1. The molecule has 21 heavy (non-hydrogen) atoms. The Morgan fingerprint density at radius 1 is 1.38 bits per heavy atom. The summed E-state index contributed by atoms with van der Waals surface area (Å²) in [7, 11) is 0. The molecule has 0 bridgehead atoms. The maximum atomic E-state index is 13.0. The second kappa shape index (κ2) is 6.75. The van der Waals surface area contributed by atoms with E-state index in [-0.39, 0.29) is 17.0 Å². The van der Waals surface area contributed by atoms with Crippen LogP contribution in [-0.2, 0) is 4.79 Å². The zero-order valence-corrected chi connectivity index (χ0v) is 13.5. The maximum Gasteiger partial charge on any atom is 0.241 e. The highest BCUT2D eigenvalue weighted by Crippen LogP contribution is 2.25. The maximum absolute atomic E-state index is 13.0. The average molecular weight is 313 g/mol. The number of hydrogen-bond acceptors (Lipinski definition) is 2. The number of hydrogen-bond donors (Lipinski definition) is 1. The molecule has 1 fully saturated rings. The van der Waals surface area contributed by atoms with Crippen LogP contribution in [-0.4, -0.2) is 29.9 Å². The van der Waals surface area contributed by atoms with Gasteiger partial charge in [0.2, 0.25) is 5.91 Å². The highest BCUT2D eigenvalue weighted by atomic mass is 35.5. The Morgan fingerprint density at radius 3 is 2.57 bits per heavy atom. The van der Waals surface area contributed by atoms with E-state index in [1.165, 1.54) is 24.6 Å². The molecule has 0 aromatic heterocycles. The quantitative estimate of drug-likeness (QED) is 0.921. The second-order valence-corrected chi connectivity index (χ2v) is 6.60. The standard InChI is InChI=1S/C16H22ClFN2O/c1-10-6-11(2)9-20(8-10)12(3)16(21)19-15-5-4-13(18)7-14(15)17/h4-5,7,10-12H,6,8-9H2,1-3H3,(H,19,21)/t10-,11-,12+/m1/s1. The van der Waals surface area contributed by atoms with Gasteiger partial charge in [0.1, 0.15) is 5.82 Å². The van der Waals surface area contributed by atoms with Gasteiger partial charge in [-0.05, 0) is 43.4 Å². The van der Waals surface area contributed by atoms with Crippen molar-refractivity contribution in [1.29, 1.82) is 0 Å². The molecule has 0 saturated carbocycles. The van der Waals surface area contributed by atoms with Crippen LogP contribution in [0.2, 0.25) is 5.02 Å². The molecule has 1 aromatic rings. The predicted octanol–water partition coefficient (Wildman–Crippen LogP) is 3.78. The lowest BCUT2D eigenvalue weighted by Crippen LogP contribution is -2.48. The Labute approximate surface area is 130 Å². The van der Waals surface area contributed by atoms with Crippen molar-refractivity contribution in [3.63, 3.8) is 0 Å². The number of carbonyl (C=O) groups excluding carboxylic acids is 1. The average Bonchev–Trinajstić information content (AvgIpc) is 2.40. The Kier molecular flexibility index (Phi) is 5.22. The molecule has 0 radical (unpaired) electrons. The third-order valence-electron chi connectivity index (χ3n) is 4.01. The van der Waals surface area contributed by atoms with Gasteiger partial charge in [-0.1, -0.05) is 25.4 Å². The fourth-order valence-corrected chi connectivity index (χ4v) is 3.24. The Hall–Kier alpha value is -1.13. The Balaban J connectivity index is 2.02. The largest absolute Gasteiger partial charge is 0.323 e. The monoisotopic (exact) mass is 312 g/mol. The van der Waals surface area contributed by atoms with E-state index in [0.29, 0.717) is 17.5 Å². The van der Waals surface area contributed by atoms with Crippen LogP contribution in [0, 0.1) is 17.7 Å². The lowest BCUT2D eigenvalue weighted by Gasteiger charge is -2.38. The summed E-state index contributed by atoms with van der Waals surface area (Å²) < 4.78 is 13.0. The summed E-state index contributed by atoms with van der Waals surface area (Å²) in [5.74, 6) is 0.673. The number of likely N-dealkylation sites (tertiary alicyclic amines) is 1. The topological polar surface area (TPSA) is 32.3 Å². The zero-order valence-electron chi connectivity index (χ0n) is 12.7. The van der Waals surface area contributed by atoms with Gasteiger partial charge >= 0.3 is 0 Å². The van der Waals surface area contributed by atoms with E-state index in [4.69, 9.17) is 11.6 Å². The molecule has 1 aliphatic heterocycles. The minimum absolute atomic E-state index is 0.107. The number of piperidine rings is 1. The minimum Gasteiger partial charge on any atom is -0.323 e. The molecule has 3 atom stereocenters. The van der Waals surface area contributed by atoms with Gasteiger partial charge in [0.25, 0.3) is 0 Å². The van der Waals surface area contributed by atoms with E-state index in [1.54, 1.807) is 0 Å². The molecule has 5 heteroatoms. The summed E-state index contributed by atoms with van der Waals surface area (Å²) in [4.78, 5) is 14.6. The molecular formula is C16H22ClFN2O. The van der Waals surface area contributed by atoms with E-state index in [0.717, 1.165) is 13.1 Å². The van der Waals surface area contributed by atoms with Crippen LogP contribution in [0.25, 0.3) is 0 Å². The normalized spacial score (nSPS) is 24.6. The summed E-state index contributed by atoms with van der Waals surface area (Å²) in [5.41, 5.74) is 0.452. The summed E-state index contributed by atoms with van der Waals surface area (Å²) in [6.45, 7) is 8.18. The first-order chi connectivity index (χ1) is 9.86. The summed E-state index contributed by atoms with van der Waals surface area (Å²) in [6, 6.07) is 3.75. The molecule has 116 valence electrons. The smallest absolute Gasteiger partial charge is 0.241 e. The third kappa shape index (κ3) is 4.17. The van der Waals surface area contributed by atoms with Crippen molar-refractivity contribution in [2.75, 3.05) is 18.4 Å².